The molecule has 33 heavy (non-hydrogen) atoms. The third-order valence-electron chi connectivity index (χ3n) is 5.23. The smallest absolute Gasteiger partial charge is 0.379 e. The Hall–Kier alpha value is -2.01. The molecule has 2 amide bonds. The van der Waals surface area contributed by atoms with Gasteiger partial charge >= 0.3 is 11.9 Å². The highest BCUT2D eigenvalue weighted by Gasteiger charge is 2.71. The van der Waals surface area contributed by atoms with E-state index < -0.39 is 72.6 Å². The van der Waals surface area contributed by atoms with Crippen LogP contribution >= 0.6 is 0 Å². The van der Waals surface area contributed by atoms with E-state index in [1.807, 2.05) is 5.32 Å². The number of halogens is 2. The number of ether oxygens (including phenoxy) is 2. The fraction of sp³-hybridized carbons (Fsp3) is 0.833. The van der Waals surface area contributed by atoms with Crippen LogP contribution in [0.4, 0.5) is 8.78 Å². The van der Waals surface area contributed by atoms with E-state index in [0.29, 0.717) is 0 Å². The Bertz CT molecular complexity index is 700. The van der Waals surface area contributed by atoms with E-state index in [9.17, 15) is 43.6 Å². The Kier molecular flexibility index (Phi) is 10.5. The van der Waals surface area contributed by atoms with Crippen molar-refractivity contribution in [2.24, 2.45) is 0 Å². The summed E-state index contributed by atoms with van der Waals surface area (Å²) in [6, 6.07) is -1.63. The number of alkyl halides is 2. The van der Waals surface area contributed by atoms with Crippen molar-refractivity contribution in [3.63, 3.8) is 0 Å². The van der Waals surface area contributed by atoms with Crippen LogP contribution in [0.1, 0.15) is 26.2 Å². The quantitative estimate of drug-likeness (QED) is 0.0969. The van der Waals surface area contributed by atoms with E-state index in [0.717, 1.165) is 0 Å². The van der Waals surface area contributed by atoms with Gasteiger partial charge in [0.1, 0.15) is 30.5 Å². The number of hydrogen-bond acceptors (Lipinski definition) is 10. The lowest BCUT2D eigenvalue weighted by molar-refractivity contribution is -0.405. The average Bonchev–Trinajstić information content (AvgIpc) is 3.02. The minimum absolute atomic E-state index is 0.143. The van der Waals surface area contributed by atoms with Gasteiger partial charge in [-0.1, -0.05) is 0 Å². The van der Waals surface area contributed by atoms with Crippen molar-refractivity contribution in [2.75, 3.05) is 20.3 Å². The first-order chi connectivity index (χ1) is 15.2. The number of unbranched alkanes of at least 4 members (excludes halogenated alkanes) is 1. The third kappa shape index (κ3) is 6.53. The van der Waals surface area contributed by atoms with Crippen LogP contribution in [-0.2, 0) is 23.9 Å². The maximum Gasteiger partial charge on any atom is 0.379 e. The molecular formula is C18H32F2N3O10+. The maximum absolute atomic E-state index is 14.5. The Morgan fingerprint density at radius 2 is 1.88 bits per heavy atom. The van der Waals surface area contributed by atoms with Crippen molar-refractivity contribution in [3.8, 4) is 0 Å². The number of amides is 2. The van der Waals surface area contributed by atoms with Gasteiger partial charge in [0.15, 0.2) is 6.04 Å². The van der Waals surface area contributed by atoms with E-state index in [1.165, 1.54) is 14.0 Å². The van der Waals surface area contributed by atoms with Crippen LogP contribution in [-0.4, -0.2) is 112 Å². The van der Waals surface area contributed by atoms with E-state index in [4.69, 9.17) is 5.11 Å². The van der Waals surface area contributed by atoms with Crippen LogP contribution in [0.5, 0.6) is 0 Å². The molecule has 1 saturated heterocycles. The summed E-state index contributed by atoms with van der Waals surface area (Å²) < 4.78 is 38.0. The van der Waals surface area contributed by atoms with E-state index in [-0.39, 0.29) is 25.8 Å². The molecule has 7 atom stereocenters. The largest absolute Gasteiger partial charge is 0.467 e. The number of esters is 1. The summed E-state index contributed by atoms with van der Waals surface area (Å²) in [7, 11) is 1.17. The summed E-state index contributed by atoms with van der Waals surface area (Å²) in [4.78, 5) is 35.2. The number of carbonyl (C=O) groups excluding carboxylic acids is 3. The van der Waals surface area contributed by atoms with Crippen molar-refractivity contribution in [1.29, 1.82) is 0 Å². The van der Waals surface area contributed by atoms with Gasteiger partial charge in [0, 0.05) is 13.0 Å². The zero-order chi connectivity index (χ0) is 25.6. The standard InChI is InChI=1S/C18H31F2N3O10/c1-8(15(29)32-2)23-14(28)9(21)5-3-4-6-22-16(30)17(19,20)18(31)13(27)11(26)12(33-18)10(25)7-24/h8-13,24-27,31H,3-7,21H2,1-2H3,(H,22,30)(H,23,28)/p+1/t8-,9-,10-,11?,12-,13?,18+/m0/s1. The van der Waals surface area contributed by atoms with Crippen LogP contribution in [0.3, 0.4) is 0 Å². The van der Waals surface area contributed by atoms with Gasteiger partial charge in [0.2, 0.25) is 0 Å². The molecule has 0 bridgehead atoms. The number of carbonyl (C=O) groups is 3. The fourth-order valence-corrected chi connectivity index (χ4v) is 3.12. The van der Waals surface area contributed by atoms with Crippen molar-refractivity contribution in [3.05, 3.63) is 0 Å². The van der Waals surface area contributed by atoms with Crippen molar-refractivity contribution < 1.29 is 63.9 Å². The number of quaternary nitrogens is 1. The predicted molar refractivity (Wildman–Crippen MR) is 103 cm³/mol. The summed E-state index contributed by atoms with van der Waals surface area (Å²) in [5, 5.41) is 52.3. The molecule has 0 aliphatic carbocycles. The average molecular weight is 488 g/mol. The molecule has 1 rings (SSSR count). The Balaban J connectivity index is 2.53. The van der Waals surface area contributed by atoms with Crippen LogP contribution in [0, 0.1) is 0 Å². The number of aliphatic hydroxyl groups is 5. The number of aliphatic hydroxyl groups excluding tert-OH is 4. The Morgan fingerprint density at radius 1 is 1.27 bits per heavy atom. The number of rotatable bonds is 12. The summed E-state index contributed by atoms with van der Waals surface area (Å²) in [6.07, 6.45) is -8.07. The van der Waals surface area contributed by atoms with Crippen molar-refractivity contribution in [2.45, 2.75) is 74.4 Å². The normalized spacial score (nSPS) is 28.0. The summed E-state index contributed by atoms with van der Waals surface area (Å²) in [6.45, 7) is 0.116. The zero-order valence-electron chi connectivity index (χ0n) is 18.2. The second-order valence-electron chi connectivity index (χ2n) is 7.74. The summed E-state index contributed by atoms with van der Waals surface area (Å²) in [5.41, 5.74) is 3.64. The molecular weight excluding hydrogens is 456 g/mol. The third-order valence-corrected chi connectivity index (χ3v) is 5.23. The number of methoxy groups -OCH3 is 1. The van der Waals surface area contributed by atoms with Crippen molar-refractivity contribution >= 4 is 17.8 Å². The highest BCUT2D eigenvalue weighted by Crippen LogP contribution is 2.42. The van der Waals surface area contributed by atoms with Crippen LogP contribution in [0.2, 0.25) is 0 Å². The van der Waals surface area contributed by atoms with Gasteiger partial charge < -0.3 is 51.4 Å². The molecule has 1 heterocycles. The molecule has 0 saturated carbocycles. The van der Waals surface area contributed by atoms with Gasteiger partial charge in [-0.15, -0.1) is 0 Å². The highest BCUT2D eigenvalue weighted by molar-refractivity contribution is 5.86. The first-order valence-corrected chi connectivity index (χ1v) is 10.2. The van der Waals surface area contributed by atoms with Gasteiger partial charge in [0.25, 0.3) is 17.6 Å². The SMILES string of the molecule is COC(=O)[C@H](C)NC(=O)[C@@H]([NH3+])CCCCNC(=O)C(F)(F)[C@]1(O)O[C@@H]([C@@H](O)CO)C(O)C1O. The van der Waals surface area contributed by atoms with Gasteiger partial charge in [-0.3, -0.25) is 9.59 Å². The maximum atomic E-state index is 14.5. The topological polar surface area (TPSA) is 223 Å². The summed E-state index contributed by atoms with van der Waals surface area (Å²) >= 11 is 0. The Morgan fingerprint density at radius 3 is 2.42 bits per heavy atom. The lowest BCUT2D eigenvalue weighted by Gasteiger charge is -2.33. The van der Waals surface area contributed by atoms with Crippen molar-refractivity contribution in [1.82, 2.24) is 10.6 Å². The molecule has 15 heteroatoms. The first kappa shape index (κ1) is 29.0. The molecule has 0 radical (unpaired) electrons. The molecule has 1 aliphatic heterocycles. The molecule has 13 nitrogen and oxygen atoms in total. The molecule has 1 fully saturated rings. The molecule has 192 valence electrons. The Labute approximate surface area is 187 Å². The molecule has 0 aromatic heterocycles. The molecule has 0 aromatic carbocycles. The van der Waals surface area contributed by atoms with E-state index in [1.54, 1.807) is 0 Å². The van der Waals surface area contributed by atoms with Gasteiger partial charge in [-0.2, -0.15) is 8.78 Å². The minimum Gasteiger partial charge on any atom is -0.467 e. The minimum atomic E-state index is -4.73. The predicted octanol–water partition coefficient (Wildman–Crippen LogP) is -4.64. The lowest BCUT2D eigenvalue weighted by atomic mass is 9.97. The number of hydrogen-bond donors (Lipinski definition) is 8. The second kappa shape index (κ2) is 11.9. The highest BCUT2D eigenvalue weighted by atomic mass is 19.3. The molecule has 2 unspecified atom stereocenters. The van der Waals surface area contributed by atoms with Crippen LogP contribution < -0.4 is 16.4 Å². The van der Waals surface area contributed by atoms with Crippen LogP contribution in [0.25, 0.3) is 0 Å². The fourth-order valence-electron chi connectivity index (χ4n) is 3.12. The summed E-state index contributed by atoms with van der Waals surface area (Å²) in [5.74, 6) is -11.7. The molecule has 1 aliphatic rings. The van der Waals surface area contributed by atoms with Gasteiger partial charge in [-0.25, -0.2) is 4.79 Å². The first-order valence-electron chi connectivity index (χ1n) is 10.2. The van der Waals surface area contributed by atoms with E-state index in [2.05, 4.69) is 20.5 Å². The molecule has 0 aromatic rings. The van der Waals surface area contributed by atoms with Crippen LogP contribution in [0.15, 0.2) is 0 Å². The van der Waals surface area contributed by atoms with Gasteiger partial charge in [0.05, 0.1) is 13.7 Å². The van der Waals surface area contributed by atoms with E-state index >= 15 is 0 Å². The zero-order valence-corrected chi connectivity index (χ0v) is 18.2. The lowest BCUT2D eigenvalue weighted by Crippen LogP contribution is -2.68. The second-order valence-corrected chi connectivity index (χ2v) is 7.74. The molecule has 10 N–H and O–H groups in total. The number of nitrogens with one attached hydrogen (secondary N) is 2. The monoisotopic (exact) mass is 488 g/mol. The van der Waals surface area contributed by atoms with Gasteiger partial charge in [-0.05, 0) is 19.8 Å². The molecule has 0 spiro atoms.